The molecule has 1 aromatic heterocycles. The van der Waals surface area contributed by atoms with Gasteiger partial charge >= 0.3 is 6.03 Å². The molecular weight excluding hydrogens is 232 g/mol. The van der Waals surface area contributed by atoms with Crippen LogP contribution >= 0.6 is 0 Å². The second-order valence-corrected chi connectivity index (χ2v) is 5.04. The lowest BCUT2D eigenvalue weighted by molar-refractivity contribution is 0.0252. The van der Waals surface area contributed by atoms with Crippen LogP contribution in [0.25, 0.3) is 0 Å². The molecule has 0 aliphatic carbocycles. The minimum atomic E-state index is -0.154. The number of furan rings is 1. The van der Waals surface area contributed by atoms with Crippen LogP contribution in [-0.2, 0) is 11.3 Å². The molecule has 2 amide bonds. The number of nitrogens with one attached hydrogen (secondary N) is 2. The Morgan fingerprint density at radius 2 is 2.17 bits per heavy atom. The first-order valence-electron chi connectivity index (χ1n) is 6.30. The maximum absolute atomic E-state index is 11.6. The minimum absolute atomic E-state index is 0.153. The zero-order valence-electron chi connectivity index (χ0n) is 10.7. The zero-order valence-corrected chi connectivity index (χ0v) is 10.7. The summed E-state index contributed by atoms with van der Waals surface area (Å²) in [4.78, 5) is 11.6. The number of rotatable bonds is 4. The van der Waals surface area contributed by atoms with E-state index in [1.165, 1.54) is 0 Å². The minimum Gasteiger partial charge on any atom is -0.467 e. The highest BCUT2D eigenvalue weighted by molar-refractivity contribution is 5.73. The highest BCUT2D eigenvalue weighted by atomic mass is 16.5. The summed E-state index contributed by atoms with van der Waals surface area (Å²) in [6.45, 7) is 4.85. The van der Waals surface area contributed by atoms with Gasteiger partial charge < -0.3 is 19.8 Å². The first kappa shape index (κ1) is 13.0. The molecule has 2 N–H and O–H groups in total. The molecule has 0 aromatic carbocycles. The van der Waals surface area contributed by atoms with E-state index < -0.39 is 0 Å². The lowest BCUT2D eigenvalue weighted by atomic mass is 9.82. The van der Waals surface area contributed by atoms with Gasteiger partial charge in [-0.1, -0.05) is 6.92 Å². The van der Waals surface area contributed by atoms with Crippen LogP contribution in [0.5, 0.6) is 0 Å². The topological polar surface area (TPSA) is 63.5 Å². The van der Waals surface area contributed by atoms with Crippen molar-refractivity contribution < 1.29 is 13.9 Å². The normalized spacial score (nSPS) is 18.3. The molecule has 1 fully saturated rings. The van der Waals surface area contributed by atoms with Crippen LogP contribution in [0.3, 0.4) is 0 Å². The highest BCUT2D eigenvalue weighted by Gasteiger charge is 2.27. The summed E-state index contributed by atoms with van der Waals surface area (Å²) in [6, 6.07) is 3.48. The summed E-state index contributed by atoms with van der Waals surface area (Å²) in [5.41, 5.74) is 0.153. The number of amides is 2. The van der Waals surface area contributed by atoms with Gasteiger partial charge in [0.15, 0.2) is 0 Å². The Balaban J connectivity index is 1.68. The van der Waals surface area contributed by atoms with Crippen LogP contribution in [0.2, 0.25) is 0 Å². The summed E-state index contributed by atoms with van der Waals surface area (Å²) in [5.74, 6) is 0.752. The predicted octanol–water partition coefficient (Wildman–Crippen LogP) is 1.90. The van der Waals surface area contributed by atoms with Crippen molar-refractivity contribution in [1.82, 2.24) is 10.6 Å². The summed E-state index contributed by atoms with van der Waals surface area (Å²) >= 11 is 0. The predicted molar refractivity (Wildman–Crippen MR) is 67.1 cm³/mol. The molecule has 0 saturated carbocycles. The second kappa shape index (κ2) is 5.91. The number of urea groups is 1. The largest absolute Gasteiger partial charge is 0.467 e. The van der Waals surface area contributed by atoms with E-state index in [1.54, 1.807) is 12.3 Å². The number of ether oxygens (including phenoxy) is 1. The molecule has 0 spiro atoms. The van der Waals surface area contributed by atoms with Crippen molar-refractivity contribution >= 4 is 6.03 Å². The molecule has 2 heterocycles. The van der Waals surface area contributed by atoms with Gasteiger partial charge in [-0.15, -0.1) is 0 Å². The van der Waals surface area contributed by atoms with Gasteiger partial charge in [0.25, 0.3) is 0 Å². The monoisotopic (exact) mass is 252 g/mol. The van der Waals surface area contributed by atoms with E-state index in [1.807, 2.05) is 6.07 Å². The maximum atomic E-state index is 11.6. The zero-order chi connectivity index (χ0) is 12.8. The quantitative estimate of drug-likeness (QED) is 0.860. The molecule has 1 aromatic rings. The SMILES string of the molecule is CC1(CNC(=O)NCc2ccco2)CCOCC1. The number of hydrogen-bond donors (Lipinski definition) is 2. The molecule has 0 bridgehead atoms. The molecule has 0 atom stereocenters. The standard InChI is InChI=1S/C13H20N2O3/c1-13(4-7-17-8-5-13)10-15-12(16)14-9-11-3-2-6-18-11/h2-3,6H,4-5,7-10H2,1H3,(H2,14,15,16). The third-order valence-corrected chi connectivity index (χ3v) is 3.38. The Morgan fingerprint density at radius 3 is 2.83 bits per heavy atom. The molecule has 100 valence electrons. The first-order chi connectivity index (χ1) is 8.68. The number of carbonyl (C=O) groups excluding carboxylic acids is 1. The molecular formula is C13H20N2O3. The lowest BCUT2D eigenvalue weighted by Gasteiger charge is -2.33. The molecule has 5 nitrogen and oxygen atoms in total. The summed E-state index contributed by atoms with van der Waals surface area (Å²) in [5, 5.41) is 5.67. The summed E-state index contributed by atoms with van der Waals surface area (Å²) in [6.07, 6.45) is 3.58. The Morgan fingerprint density at radius 1 is 1.39 bits per heavy atom. The van der Waals surface area contributed by atoms with Crippen LogP contribution < -0.4 is 10.6 Å². The van der Waals surface area contributed by atoms with E-state index in [0.29, 0.717) is 13.1 Å². The summed E-state index contributed by atoms with van der Waals surface area (Å²) < 4.78 is 10.5. The van der Waals surface area contributed by atoms with E-state index in [0.717, 1.165) is 31.8 Å². The molecule has 1 saturated heterocycles. The van der Waals surface area contributed by atoms with Crippen LogP contribution in [0.4, 0.5) is 4.79 Å². The van der Waals surface area contributed by atoms with E-state index in [4.69, 9.17) is 9.15 Å². The molecule has 5 heteroatoms. The van der Waals surface area contributed by atoms with E-state index in [9.17, 15) is 4.79 Å². The van der Waals surface area contributed by atoms with Crippen molar-refractivity contribution in [3.8, 4) is 0 Å². The molecule has 2 rings (SSSR count). The Bertz CT molecular complexity index is 370. The van der Waals surface area contributed by atoms with E-state index in [2.05, 4.69) is 17.6 Å². The third kappa shape index (κ3) is 3.77. The van der Waals surface area contributed by atoms with Crippen LogP contribution in [-0.4, -0.2) is 25.8 Å². The number of hydrogen-bond acceptors (Lipinski definition) is 3. The van der Waals surface area contributed by atoms with Crippen LogP contribution in [0, 0.1) is 5.41 Å². The maximum Gasteiger partial charge on any atom is 0.315 e. The lowest BCUT2D eigenvalue weighted by Crippen LogP contribution is -2.43. The average molecular weight is 252 g/mol. The molecule has 0 unspecified atom stereocenters. The van der Waals surface area contributed by atoms with Crippen molar-refractivity contribution in [3.63, 3.8) is 0 Å². The fraction of sp³-hybridized carbons (Fsp3) is 0.615. The first-order valence-corrected chi connectivity index (χ1v) is 6.30. The molecule has 1 aliphatic heterocycles. The van der Waals surface area contributed by atoms with E-state index >= 15 is 0 Å². The smallest absolute Gasteiger partial charge is 0.315 e. The van der Waals surface area contributed by atoms with Crippen LogP contribution in [0.15, 0.2) is 22.8 Å². The van der Waals surface area contributed by atoms with Gasteiger partial charge in [-0.2, -0.15) is 0 Å². The fourth-order valence-corrected chi connectivity index (χ4v) is 1.98. The van der Waals surface area contributed by atoms with E-state index in [-0.39, 0.29) is 11.4 Å². The van der Waals surface area contributed by atoms with Gasteiger partial charge in [0.05, 0.1) is 12.8 Å². The van der Waals surface area contributed by atoms with Gasteiger partial charge in [0, 0.05) is 19.8 Å². The average Bonchev–Trinajstić information content (AvgIpc) is 2.88. The Labute approximate surface area is 107 Å². The number of carbonyl (C=O) groups is 1. The van der Waals surface area contributed by atoms with Crippen molar-refractivity contribution in [2.45, 2.75) is 26.3 Å². The Hall–Kier alpha value is -1.49. The Kier molecular flexibility index (Phi) is 4.25. The second-order valence-electron chi connectivity index (χ2n) is 5.04. The van der Waals surface area contributed by atoms with Crippen LogP contribution in [0.1, 0.15) is 25.5 Å². The molecule has 1 aliphatic rings. The van der Waals surface area contributed by atoms with Crippen molar-refractivity contribution in [2.75, 3.05) is 19.8 Å². The molecule has 0 radical (unpaired) electrons. The summed E-state index contributed by atoms with van der Waals surface area (Å²) in [7, 11) is 0. The van der Waals surface area contributed by atoms with Gasteiger partial charge in [-0.25, -0.2) is 4.79 Å². The van der Waals surface area contributed by atoms with Gasteiger partial charge in [-0.3, -0.25) is 0 Å². The third-order valence-electron chi connectivity index (χ3n) is 3.38. The van der Waals surface area contributed by atoms with Gasteiger partial charge in [-0.05, 0) is 30.4 Å². The van der Waals surface area contributed by atoms with Crippen molar-refractivity contribution in [1.29, 1.82) is 0 Å². The van der Waals surface area contributed by atoms with Crippen molar-refractivity contribution in [2.24, 2.45) is 5.41 Å². The highest BCUT2D eigenvalue weighted by Crippen LogP contribution is 2.28. The molecule has 18 heavy (non-hydrogen) atoms. The van der Waals surface area contributed by atoms with Gasteiger partial charge in [0.1, 0.15) is 5.76 Å². The van der Waals surface area contributed by atoms with Crippen molar-refractivity contribution in [3.05, 3.63) is 24.2 Å². The van der Waals surface area contributed by atoms with Gasteiger partial charge in [0.2, 0.25) is 0 Å². The fourth-order valence-electron chi connectivity index (χ4n) is 1.98.